The second kappa shape index (κ2) is 6.37. The van der Waals surface area contributed by atoms with Crippen LogP contribution in [0, 0.1) is 11.7 Å². The predicted molar refractivity (Wildman–Crippen MR) is 77.0 cm³/mol. The molecule has 0 aliphatic carbocycles. The third-order valence-electron chi connectivity index (χ3n) is 3.97. The van der Waals surface area contributed by atoms with Crippen molar-refractivity contribution in [3.63, 3.8) is 0 Å². The molecular formula is C16H19FN2O2. The van der Waals surface area contributed by atoms with Crippen LogP contribution in [-0.2, 0) is 6.54 Å². The molecule has 2 heterocycles. The van der Waals surface area contributed by atoms with Crippen LogP contribution >= 0.6 is 0 Å². The van der Waals surface area contributed by atoms with Crippen molar-refractivity contribution in [1.29, 1.82) is 0 Å². The molecule has 1 N–H and O–H groups in total. The summed E-state index contributed by atoms with van der Waals surface area (Å²) in [5.41, 5.74) is 1.51. The van der Waals surface area contributed by atoms with Crippen LogP contribution in [0.25, 0.3) is 11.5 Å². The van der Waals surface area contributed by atoms with Gasteiger partial charge in [-0.15, -0.1) is 0 Å². The first kappa shape index (κ1) is 14.2. The molecule has 0 radical (unpaired) electrons. The lowest BCUT2D eigenvalue weighted by Gasteiger charge is -2.30. The molecule has 0 amide bonds. The number of hydrogen-bond acceptors (Lipinski definition) is 4. The zero-order chi connectivity index (χ0) is 14.7. The summed E-state index contributed by atoms with van der Waals surface area (Å²) in [5, 5.41) is 9.14. The highest BCUT2D eigenvalue weighted by Gasteiger charge is 2.19. The van der Waals surface area contributed by atoms with E-state index in [1.165, 1.54) is 12.1 Å². The highest BCUT2D eigenvalue weighted by atomic mass is 19.1. The van der Waals surface area contributed by atoms with Crippen molar-refractivity contribution in [2.75, 3.05) is 19.7 Å². The van der Waals surface area contributed by atoms with Gasteiger partial charge < -0.3 is 9.52 Å². The molecule has 0 bridgehead atoms. The lowest BCUT2D eigenvalue weighted by Crippen LogP contribution is -2.34. The summed E-state index contributed by atoms with van der Waals surface area (Å²) in [6, 6.07) is 6.25. The number of rotatable bonds is 4. The fourth-order valence-corrected chi connectivity index (χ4v) is 2.69. The molecule has 0 atom stereocenters. The Morgan fingerprint density at radius 1 is 1.33 bits per heavy atom. The van der Waals surface area contributed by atoms with Gasteiger partial charge >= 0.3 is 0 Å². The van der Waals surface area contributed by atoms with E-state index in [0.717, 1.165) is 38.2 Å². The van der Waals surface area contributed by atoms with Gasteiger partial charge in [0, 0.05) is 18.7 Å². The molecular weight excluding hydrogens is 271 g/mol. The first-order valence-electron chi connectivity index (χ1n) is 7.28. The Hall–Kier alpha value is -1.72. The number of halogens is 1. The molecule has 1 aromatic carbocycles. The Balaban J connectivity index is 1.63. The molecule has 5 heteroatoms. The molecule has 21 heavy (non-hydrogen) atoms. The summed E-state index contributed by atoms with van der Waals surface area (Å²) in [6.07, 6.45) is 3.68. The maximum absolute atomic E-state index is 13.2. The number of oxazole rings is 1. The summed E-state index contributed by atoms with van der Waals surface area (Å²) in [7, 11) is 0. The monoisotopic (exact) mass is 290 g/mol. The molecule has 3 rings (SSSR count). The Bertz CT molecular complexity index is 591. The van der Waals surface area contributed by atoms with Crippen molar-refractivity contribution in [3.8, 4) is 11.5 Å². The standard InChI is InChI=1S/C16H19FN2O2/c17-14-3-1-2-13(8-14)16-18-15(11-21-16)9-19-6-4-12(10-20)5-7-19/h1-3,8,11-12,20H,4-7,9-10H2. The van der Waals surface area contributed by atoms with E-state index in [1.807, 2.05) is 0 Å². The number of piperidine rings is 1. The first-order valence-corrected chi connectivity index (χ1v) is 7.28. The molecule has 2 aromatic rings. The number of likely N-dealkylation sites (tertiary alicyclic amines) is 1. The number of hydrogen-bond donors (Lipinski definition) is 1. The smallest absolute Gasteiger partial charge is 0.226 e. The zero-order valence-electron chi connectivity index (χ0n) is 11.8. The van der Waals surface area contributed by atoms with Crippen LogP contribution in [0.5, 0.6) is 0 Å². The highest BCUT2D eigenvalue weighted by molar-refractivity contribution is 5.52. The van der Waals surface area contributed by atoms with Gasteiger partial charge in [0.05, 0.1) is 5.69 Å². The normalized spacial score (nSPS) is 17.2. The fraction of sp³-hybridized carbons (Fsp3) is 0.438. The van der Waals surface area contributed by atoms with Crippen molar-refractivity contribution < 1.29 is 13.9 Å². The summed E-state index contributed by atoms with van der Waals surface area (Å²) in [6.45, 7) is 2.94. The van der Waals surface area contributed by atoms with Crippen LogP contribution in [0.3, 0.4) is 0 Å². The number of benzene rings is 1. The number of aliphatic hydroxyl groups is 1. The summed E-state index contributed by atoms with van der Waals surface area (Å²) < 4.78 is 18.6. The highest BCUT2D eigenvalue weighted by Crippen LogP contribution is 2.22. The van der Waals surface area contributed by atoms with Crippen LogP contribution in [0.15, 0.2) is 34.9 Å². The molecule has 1 aliphatic rings. The maximum atomic E-state index is 13.2. The number of aromatic nitrogens is 1. The zero-order valence-corrected chi connectivity index (χ0v) is 11.8. The van der Waals surface area contributed by atoms with Crippen molar-refractivity contribution in [2.45, 2.75) is 19.4 Å². The van der Waals surface area contributed by atoms with Gasteiger partial charge in [0.1, 0.15) is 12.1 Å². The van der Waals surface area contributed by atoms with Gasteiger partial charge in [0.15, 0.2) is 0 Å². The van der Waals surface area contributed by atoms with Gasteiger partial charge in [-0.3, -0.25) is 4.90 Å². The van der Waals surface area contributed by atoms with E-state index in [4.69, 9.17) is 9.52 Å². The average Bonchev–Trinajstić information content (AvgIpc) is 2.97. The topological polar surface area (TPSA) is 49.5 Å². The first-order chi connectivity index (χ1) is 10.2. The lowest BCUT2D eigenvalue weighted by atomic mass is 9.98. The van der Waals surface area contributed by atoms with Crippen molar-refractivity contribution in [3.05, 3.63) is 42.0 Å². The van der Waals surface area contributed by atoms with Crippen LogP contribution < -0.4 is 0 Å². The molecule has 1 fully saturated rings. The van der Waals surface area contributed by atoms with E-state index in [2.05, 4.69) is 9.88 Å². The molecule has 4 nitrogen and oxygen atoms in total. The summed E-state index contributed by atoms with van der Waals surface area (Å²) in [5.74, 6) is 0.592. The lowest BCUT2D eigenvalue weighted by molar-refractivity contribution is 0.126. The van der Waals surface area contributed by atoms with Crippen LogP contribution in [0.4, 0.5) is 4.39 Å². The minimum Gasteiger partial charge on any atom is -0.444 e. The third kappa shape index (κ3) is 3.49. The van der Waals surface area contributed by atoms with Gasteiger partial charge in [-0.2, -0.15) is 0 Å². The molecule has 112 valence electrons. The van der Waals surface area contributed by atoms with Crippen molar-refractivity contribution in [1.82, 2.24) is 9.88 Å². The summed E-state index contributed by atoms with van der Waals surface area (Å²) >= 11 is 0. The molecule has 1 aromatic heterocycles. The Morgan fingerprint density at radius 2 is 2.14 bits per heavy atom. The van der Waals surface area contributed by atoms with Crippen molar-refractivity contribution in [2.24, 2.45) is 5.92 Å². The van der Waals surface area contributed by atoms with Crippen LogP contribution in [0.2, 0.25) is 0 Å². The van der Waals surface area contributed by atoms with E-state index in [1.54, 1.807) is 18.4 Å². The SMILES string of the molecule is OCC1CCN(Cc2coc(-c3cccc(F)c3)n2)CC1. The van der Waals surface area contributed by atoms with Gasteiger partial charge in [0.2, 0.25) is 5.89 Å². The molecule has 0 unspecified atom stereocenters. The quantitative estimate of drug-likeness (QED) is 0.940. The minimum absolute atomic E-state index is 0.279. The second-order valence-electron chi connectivity index (χ2n) is 5.56. The van der Waals surface area contributed by atoms with E-state index >= 15 is 0 Å². The van der Waals surface area contributed by atoms with E-state index < -0.39 is 0 Å². The van der Waals surface area contributed by atoms with E-state index in [-0.39, 0.29) is 12.4 Å². The second-order valence-corrected chi connectivity index (χ2v) is 5.56. The van der Waals surface area contributed by atoms with Gasteiger partial charge in [-0.1, -0.05) is 6.07 Å². The fourth-order valence-electron chi connectivity index (χ4n) is 2.69. The van der Waals surface area contributed by atoms with Gasteiger partial charge in [-0.05, 0) is 50.0 Å². The maximum Gasteiger partial charge on any atom is 0.226 e. The average molecular weight is 290 g/mol. The Labute approximate surface area is 123 Å². The molecule has 0 spiro atoms. The Morgan fingerprint density at radius 3 is 2.86 bits per heavy atom. The van der Waals surface area contributed by atoms with E-state index in [9.17, 15) is 4.39 Å². The van der Waals surface area contributed by atoms with Crippen LogP contribution in [-0.4, -0.2) is 34.7 Å². The molecule has 1 aliphatic heterocycles. The summed E-state index contributed by atoms with van der Waals surface area (Å²) in [4.78, 5) is 6.74. The number of nitrogens with zero attached hydrogens (tertiary/aromatic N) is 2. The predicted octanol–water partition coefficient (Wildman–Crippen LogP) is 2.69. The largest absolute Gasteiger partial charge is 0.444 e. The Kier molecular flexibility index (Phi) is 4.31. The van der Waals surface area contributed by atoms with Crippen LogP contribution in [0.1, 0.15) is 18.5 Å². The van der Waals surface area contributed by atoms with Gasteiger partial charge in [0.25, 0.3) is 0 Å². The van der Waals surface area contributed by atoms with Crippen molar-refractivity contribution >= 4 is 0 Å². The van der Waals surface area contributed by atoms with Gasteiger partial charge in [-0.25, -0.2) is 9.37 Å². The number of aliphatic hydroxyl groups excluding tert-OH is 1. The molecule has 1 saturated heterocycles. The molecule has 0 saturated carbocycles. The van der Waals surface area contributed by atoms with E-state index in [0.29, 0.717) is 17.4 Å². The third-order valence-corrected chi connectivity index (χ3v) is 3.97. The minimum atomic E-state index is -0.293.